The van der Waals surface area contributed by atoms with E-state index in [1.165, 1.54) is 26.0 Å². The Morgan fingerprint density at radius 2 is 1.39 bits per heavy atom. The standard InChI is InChI=1S/C29H32N2O6S/c1-5-37-28(34)16-11-21-22(12-7-19-9-14-24(32)26(17-19)35-3)30-29(38-6-2)31-23(21)13-8-20-10-15-25(33)27(18-20)36-4/h7-10,12-15,17-18,32-33H,5-6,11,16H2,1-4H3/b12-7+,13-8+. The summed E-state index contributed by atoms with van der Waals surface area (Å²) in [5, 5.41) is 20.4. The maximum Gasteiger partial charge on any atom is 0.306 e. The minimum absolute atomic E-state index is 0.0572. The molecule has 1 aromatic heterocycles. The van der Waals surface area contributed by atoms with E-state index < -0.39 is 0 Å². The summed E-state index contributed by atoms with van der Waals surface area (Å²) in [7, 11) is 2.99. The molecule has 0 radical (unpaired) electrons. The number of hydrogen-bond acceptors (Lipinski definition) is 9. The molecule has 9 heteroatoms. The van der Waals surface area contributed by atoms with Crippen LogP contribution in [0.4, 0.5) is 0 Å². The van der Waals surface area contributed by atoms with Crippen LogP contribution in [-0.2, 0) is 16.0 Å². The number of methoxy groups -OCH3 is 2. The van der Waals surface area contributed by atoms with Gasteiger partial charge in [-0.2, -0.15) is 0 Å². The van der Waals surface area contributed by atoms with E-state index in [-0.39, 0.29) is 23.9 Å². The van der Waals surface area contributed by atoms with E-state index in [4.69, 9.17) is 24.2 Å². The smallest absolute Gasteiger partial charge is 0.306 e. The average Bonchev–Trinajstić information content (AvgIpc) is 2.91. The molecule has 8 nitrogen and oxygen atoms in total. The highest BCUT2D eigenvalue weighted by atomic mass is 32.2. The van der Waals surface area contributed by atoms with Crippen molar-refractivity contribution in [2.75, 3.05) is 26.6 Å². The maximum absolute atomic E-state index is 12.2. The fourth-order valence-corrected chi connectivity index (χ4v) is 4.21. The van der Waals surface area contributed by atoms with Crippen LogP contribution in [0.1, 0.15) is 48.3 Å². The number of esters is 1. The minimum Gasteiger partial charge on any atom is -0.504 e. The number of benzene rings is 2. The van der Waals surface area contributed by atoms with E-state index in [1.807, 2.05) is 31.2 Å². The van der Waals surface area contributed by atoms with Gasteiger partial charge in [0.15, 0.2) is 28.2 Å². The Bertz CT molecular complexity index is 1240. The Morgan fingerprint density at radius 3 is 1.84 bits per heavy atom. The molecular formula is C29H32N2O6S. The van der Waals surface area contributed by atoms with E-state index in [0.29, 0.717) is 41.1 Å². The van der Waals surface area contributed by atoms with Gasteiger partial charge in [-0.15, -0.1) is 0 Å². The largest absolute Gasteiger partial charge is 0.504 e. The molecule has 3 aromatic rings. The van der Waals surface area contributed by atoms with Gasteiger partial charge in [-0.05, 0) is 66.6 Å². The number of rotatable bonds is 12. The van der Waals surface area contributed by atoms with Crippen molar-refractivity contribution in [3.63, 3.8) is 0 Å². The molecule has 1 heterocycles. The molecule has 0 spiro atoms. The summed E-state index contributed by atoms with van der Waals surface area (Å²) >= 11 is 1.52. The zero-order valence-corrected chi connectivity index (χ0v) is 22.7. The summed E-state index contributed by atoms with van der Waals surface area (Å²) in [4.78, 5) is 21.7. The molecule has 0 bridgehead atoms. The van der Waals surface area contributed by atoms with Crippen LogP contribution in [0.25, 0.3) is 24.3 Å². The number of aromatic nitrogens is 2. The fourth-order valence-electron chi connectivity index (χ4n) is 3.63. The first kappa shape index (κ1) is 28.6. The second-order valence-electron chi connectivity index (χ2n) is 8.02. The Labute approximate surface area is 227 Å². The van der Waals surface area contributed by atoms with Gasteiger partial charge in [0.05, 0.1) is 32.2 Å². The van der Waals surface area contributed by atoms with Crippen LogP contribution in [0.2, 0.25) is 0 Å². The van der Waals surface area contributed by atoms with Crippen LogP contribution < -0.4 is 9.47 Å². The zero-order valence-electron chi connectivity index (χ0n) is 21.9. The van der Waals surface area contributed by atoms with Crippen molar-refractivity contribution >= 4 is 42.0 Å². The van der Waals surface area contributed by atoms with Gasteiger partial charge in [-0.3, -0.25) is 4.79 Å². The first-order valence-electron chi connectivity index (χ1n) is 12.2. The van der Waals surface area contributed by atoms with Gasteiger partial charge in [0.25, 0.3) is 0 Å². The SMILES string of the molecule is CCOC(=O)CCc1c(/C=C/c2ccc(O)c(OC)c2)nc(SCC)nc1/C=C/c1ccc(O)c(OC)c1. The number of carbonyl (C=O) groups excluding carboxylic acids is 1. The van der Waals surface area contributed by atoms with Crippen molar-refractivity contribution in [2.24, 2.45) is 0 Å². The highest BCUT2D eigenvalue weighted by Gasteiger charge is 2.14. The van der Waals surface area contributed by atoms with Gasteiger partial charge in [-0.25, -0.2) is 9.97 Å². The highest BCUT2D eigenvalue weighted by molar-refractivity contribution is 7.99. The normalized spacial score (nSPS) is 11.3. The van der Waals surface area contributed by atoms with E-state index in [0.717, 1.165) is 22.4 Å². The van der Waals surface area contributed by atoms with Gasteiger partial charge >= 0.3 is 5.97 Å². The fraction of sp³-hybridized carbons (Fsp3) is 0.276. The molecule has 0 amide bonds. The van der Waals surface area contributed by atoms with E-state index >= 15 is 0 Å². The van der Waals surface area contributed by atoms with Crippen molar-refractivity contribution < 1.29 is 29.2 Å². The number of aromatic hydroxyl groups is 2. The molecule has 0 saturated carbocycles. The summed E-state index contributed by atoms with van der Waals surface area (Å²) in [5.74, 6) is 1.35. The lowest BCUT2D eigenvalue weighted by atomic mass is 10.0. The topological polar surface area (TPSA) is 111 Å². The molecule has 2 N–H and O–H groups in total. The lowest BCUT2D eigenvalue weighted by molar-refractivity contribution is -0.143. The molecule has 0 saturated heterocycles. The zero-order chi connectivity index (χ0) is 27.5. The molecule has 2 aromatic carbocycles. The molecule has 0 aliphatic heterocycles. The first-order chi connectivity index (χ1) is 18.4. The van der Waals surface area contributed by atoms with Crippen LogP contribution in [0, 0.1) is 0 Å². The number of thioether (sulfide) groups is 1. The molecule has 0 aliphatic rings. The van der Waals surface area contributed by atoms with Crippen molar-refractivity contribution in [1.82, 2.24) is 9.97 Å². The number of phenolic OH excluding ortho intramolecular Hbond substituents is 2. The van der Waals surface area contributed by atoms with Crippen LogP contribution in [-0.4, -0.2) is 52.7 Å². The molecular weight excluding hydrogens is 504 g/mol. The van der Waals surface area contributed by atoms with Crippen molar-refractivity contribution in [3.8, 4) is 23.0 Å². The van der Waals surface area contributed by atoms with Gasteiger partial charge in [0.1, 0.15) is 0 Å². The van der Waals surface area contributed by atoms with Gasteiger partial charge in [0.2, 0.25) is 0 Å². The van der Waals surface area contributed by atoms with Crippen molar-refractivity contribution in [3.05, 3.63) is 64.5 Å². The van der Waals surface area contributed by atoms with E-state index in [9.17, 15) is 15.0 Å². The van der Waals surface area contributed by atoms with Crippen LogP contribution in [0.15, 0.2) is 41.6 Å². The van der Waals surface area contributed by atoms with Crippen molar-refractivity contribution in [2.45, 2.75) is 31.8 Å². The maximum atomic E-state index is 12.2. The monoisotopic (exact) mass is 536 g/mol. The predicted molar refractivity (Wildman–Crippen MR) is 151 cm³/mol. The Balaban J connectivity index is 2.07. The number of carbonyl (C=O) groups is 1. The molecule has 0 fully saturated rings. The third-order valence-corrected chi connectivity index (χ3v) is 6.21. The third-order valence-electron chi connectivity index (χ3n) is 5.48. The lowest BCUT2D eigenvalue weighted by Crippen LogP contribution is -2.09. The lowest BCUT2D eigenvalue weighted by Gasteiger charge is -2.12. The molecule has 0 aliphatic carbocycles. The average molecular weight is 537 g/mol. The minimum atomic E-state index is -0.295. The summed E-state index contributed by atoms with van der Waals surface area (Å²) in [6, 6.07) is 10.1. The Morgan fingerprint density at radius 1 is 0.868 bits per heavy atom. The highest BCUT2D eigenvalue weighted by Crippen LogP contribution is 2.29. The van der Waals surface area contributed by atoms with Crippen LogP contribution in [0.3, 0.4) is 0 Å². The van der Waals surface area contributed by atoms with E-state index in [2.05, 4.69) is 0 Å². The molecule has 3 rings (SSSR count). The summed E-state index contributed by atoms with van der Waals surface area (Å²) < 4.78 is 15.6. The van der Waals surface area contributed by atoms with Gasteiger partial charge in [0, 0.05) is 12.0 Å². The molecule has 200 valence electrons. The predicted octanol–water partition coefficient (Wildman–Crippen LogP) is 5.85. The molecule has 0 unspecified atom stereocenters. The third kappa shape index (κ3) is 7.76. The number of nitrogens with zero attached hydrogens (tertiary/aromatic N) is 2. The Kier molecular flexibility index (Phi) is 10.6. The summed E-state index contributed by atoms with van der Waals surface area (Å²) in [5.41, 5.74) is 3.77. The van der Waals surface area contributed by atoms with Crippen molar-refractivity contribution in [1.29, 1.82) is 0 Å². The quantitative estimate of drug-likeness (QED) is 0.167. The van der Waals surface area contributed by atoms with Gasteiger partial charge < -0.3 is 24.4 Å². The first-order valence-corrected chi connectivity index (χ1v) is 13.2. The van der Waals surface area contributed by atoms with Crippen LogP contribution >= 0.6 is 11.8 Å². The Hall–Kier alpha value is -3.98. The summed E-state index contributed by atoms with van der Waals surface area (Å²) in [6.45, 7) is 4.11. The summed E-state index contributed by atoms with van der Waals surface area (Å²) in [6.07, 6.45) is 8.04. The second-order valence-corrected chi connectivity index (χ2v) is 9.25. The molecule has 0 atom stereocenters. The van der Waals surface area contributed by atoms with Gasteiger partial charge in [-0.1, -0.05) is 43.0 Å². The second kappa shape index (κ2) is 14.1. The number of hydrogen-bond donors (Lipinski definition) is 2. The molecule has 38 heavy (non-hydrogen) atoms. The number of phenols is 2. The number of ether oxygens (including phenoxy) is 3. The van der Waals surface area contributed by atoms with Crippen LogP contribution in [0.5, 0.6) is 23.0 Å². The van der Waals surface area contributed by atoms with E-state index in [1.54, 1.807) is 43.3 Å².